The summed E-state index contributed by atoms with van der Waals surface area (Å²) in [7, 11) is 0. The van der Waals surface area contributed by atoms with E-state index in [1.54, 1.807) is 37.3 Å². The van der Waals surface area contributed by atoms with Gasteiger partial charge in [0.1, 0.15) is 23.7 Å². The van der Waals surface area contributed by atoms with Crippen LogP contribution in [0.5, 0.6) is 0 Å². The van der Waals surface area contributed by atoms with Gasteiger partial charge in [-0.25, -0.2) is 0 Å². The van der Waals surface area contributed by atoms with Crippen molar-refractivity contribution in [2.24, 2.45) is 17.8 Å². The molecule has 10 nitrogen and oxygen atoms in total. The fourth-order valence-electron chi connectivity index (χ4n) is 6.72. The zero-order chi connectivity index (χ0) is 30.3. The van der Waals surface area contributed by atoms with Crippen LogP contribution in [-0.2, 0) is 28.7 Å². The Morgan fingerprint density at radius 1 is 1.17 bits per heavy atom. The standard InChI is InChI=1S/C31H38ClN3O7/c1-17(2)21(16-36)35-27-29(39)34(26-18(3)9-8-10-20(26)32)14-7-5-6-11-23(37)33-15-19(4)41-30(40)24-22-12-13-31(27,42-22)25(24)28(35)38/h5,7-10,12-13,17,19,21-22,24-25,27,36H,6,11,14-16H2,1-4H3,(H,33,37)/b7-5-/t19-,21-,22+,24-,25-,27+,31-/m0/s1. The quantitative estimate of drug-likeness (QED) is 0.402. The lowest BCUT2D eigenvalue weighted by molar-refractivity contribution is -0.159. The van der Waals surface area contributed by atoms with Crippen molar-refractivity contribution in [1.82, 2.24) is 10.2 Å². The third-order valence-electron chi connectivity index (χ3n) is 8.75. The molecule has 0 radical (unpaired) electrons. The number of amides is 3. The molecule has 1 aromatic rings. The highest BCUT2D eigenvalue weighted by Crippen LogP contribution is 2.56. The molecule has 4 aliphatic rings. The van der Waals surface area contributed by atoms with Gasteiger partial charge in [0.15, 0.2) is 0 Å². The van der Waals surface area contributed by atoms with Gasteiger partial charge in [0, 0.05) is 13.0 Å². The number of allylic oxidation sites excluding steroid dienone is 1. The number of benzene rings is 1. The largest absolute Gasteiger partial charge is 0.460 e. The molecule has 226 valence electrons. The summed E-state index contributed by atoms with van der Waals surface area (Å²) in [6.07, 6.45) is 6.32. The number of aliphatic hydroxyl groups excluding tert-OH is 1. The smallest absolute Gasteiger partial charge is 0.313 e. The van der Waals surface area contributed by atoms with Gasteiger partial charge in [-0.1, -0.05) is 61.9 Å². The van der Waals surface area contributed by atoms with E-state index in [9.17, 15) is 24.3 Å². The summed E-state index contributed by atoms with van der Waals surface area (Å²) in [6, 6.07) is 3.46. The van der Waals surface area contributed by atoms with Crippen molar-refractivity contribution in [1.29, 1.82) is 0 Å². The van der Waals surface area contributed by atoms with Crippen molar-refractivity contribution in [3.63, 3.8) is 0 Å². The lowest BCUT2D eigenvalue weighted by Gasteiger charge is -2.40. The van der Waals surface area contributed by atoms with Crippen LogP contribution in [0.15, 0.2) is 42.5 Å². The van der Waals surface area contributed by atoms with Crippen LogP contribution in [0.4, 0.5) is 5.69 Å². The SMILES string of the molecule is Cc1cccc(Cl)c1N1C/C=C\CCC(=O)NC[C@H](C)OC(=O)[C@@H]2[C@H]3C(=O)N([C@@H](CO)C(C)C)[C@H](C1=O)[C@]31C=C[C@H]2O1. The number of hydrogen-bond acceptors (Lipinski definition) is 7. The van der Waals surface area contributed by atoms with E-state index in [-0.39, 0.29) is 37.9 Å². The van der Waals surface area contributed by atoms with Gasteiger partial charge in [-0.05, 0) is 37.8 Å². The molecule has 0 saturated carbocycles. The minimum atomic E-state index is -1.44. The lowest BCUT2D eigenvalue weighted by atomic mass is 9.74. The number of aliphatic hydroxyl groups is 1. The van der Waals surface area contributed by atoms with E-state index in [0.717, 1.165) is 5.56 Å². The zero-order valence-electron chi connectivity index (χ0n) is 24.3. The van der Waals surface area contributed by atoms with Crippen LogP contribution < -0.4 is 10.2 Å². The molecular weight excluding hydrogens is 562 g/mol. The van der Waals surface area contributed by atoms with E-state index in [2.05, 4.69) is 5.32 Å². The molecule has 2 N–H and O–H groups in total. The molecule has 1 spiro atoms. The minimum Gasteiger partial charge on any atom is -0.460 e. The number of rotatable bonds is 4. The maximum atomic E-state index is 14.9. The summed E-state index contributed by atoms with van der Waals surface area (Å²) in [4.78, 5) is 58.1. The fourth-order valence-corrected chi connectivity index (χ4v) is 7.04. The van der Waals surface area contributed by atoms with Gasteiger partial charge in [-0.2, -0.15) is 0 Å². The number of nitrogens with one attached hydrogen (secondary N) is 1. The Balaban J connectivity index is 1.67. The number of likely N-dealkylation sites (tertiary alicyclic amines) is 1. The molecule has 4 aliphatic heterocycles. The number of aryl methyl sites for hydroxylation is 1. The molecule has 5 bridgehead atoms. The van der Waals surface area contributed by atoms with E-state index in [1.807, 2.05) is 32.9 Å². The van der Waals surface area contributed by atoms with E-state index in [0.29, 0.717) is 17.1 Å². The Hall–Kier alpha value is -3.21. The number of esters is 1. The number of anilines is 1. The van der Waals surface area contributed by atoms with Crippen LogP contribution in [0, 0.1) is 24.7 Å². The molecule has 0 aliphatic carbocycles. The molecule has 4 heterocycles. The third-order valence-corrected chi connectivity index (χ3v) is 9.06. The van der Waals surface area contributed by atoms with Gasteiger partial charge in [0.05, 0.1) is 41.9 Å². The topological polar surface area (TPSA) is 125 Å². The van der Waals surface area contributed by atoms with E-state index in [1.165, 1.54) is 9.80 Å². The van der Waals surface area contributed by atoms with Gasteiger partial charge in [0.2, 0.25) is 11.8 Å². The van der Waals surface area contributed by atoms with Crippen LogP contribution in [0.2, 0.25) is 5.02 Å². The summed E-state index contributed by atoms with van der Waals surface area (Å²) in [6.45, 7) is 7.12. The normalized spacial score (nSPS) is 33.2. The highest BCUT2D eigenvalue weighted by molar-refractivity contribution is 6.34. The maximum absolute atomic E-state index is 14.9. The second kappa shape index (κ2) is 11.8. The summed E-state index contributed by atoms with van der Waals surface area (Å²) >= 11 is 6.68. The second-order valence-corrected chi connectivity index (χ2v) is 12.3. The molecule has 7 atom stereocenters. The molecule has 2 fully saturated rings. The first-order valence-electron chi connectivity index (χ1n) is 14.5. The maximum Gasteiger partial charge on any atom is 0.313 e. The molecule has 11 heteroatoms. The monoisotopic (exact) mass is 599 g/mol. The number of ether oxygens (including phenoxy) is 2. The Morgan fingerprint density at radius 2 is 1.93 bits per heavy atom. The molecule has 3 amide bonds. The average molecular weight is 600 g/mol. The van der Waals surface area contributed by atoms with Crippen molar-refractivity contribution < 1.29 is 33.8 Å². The van der Waals surface area contributed by atoms with Gasteiger partial charge in [-0.3, -0.25) is 19.2 Å². The molecule has 2 saturated heterocycles. The first kappa shape index (κ1) is 30.3. The van der Waals surface area contributed by atoms with Crippen LogP contribution in [0.1, 0.15) is 39.2 Å². The molecule has 0 aromatic heterocycles. The Morgan fingerprint density at radius 3 is 2.62 bits per heavy atom. The van der Waals surface area contributed by atoms with E-state index in [4.69, 9.17) is 21.1 Å². The van der Waals surface area contributed by atoms with E-state index < -0.39 is 59.5 Å². The van der Waals surface area contributed by atoms with Crippen LogP contribution in [0.25, 0.3) is 0 Å². The fraction of sp³-hybridized carbons (Fsp3) is 0.548. The highest BCUT2D eigenvalue weighted by Gasteiger charge is 2.74. The number of halogens is 1. The number of hydrogen-bond donors (Lipinski definition) is 2. The molecule has 0 unspecified atom stereocenters. The molecular formula is C31H38ClN3O7. The Kier molecular flexibility index (Phi) is 8.51. The minimum absolute atomic E-state index is 0.116. The summed E-state index contributed by atoms with van der Waals surface area (Å²) in [5.74, 6) is -3.92. The molecule has 5 rings (SSSR count). The zero-order valence-corrected chi connectivity index (χ0v) is 25.0. The number of para-hydroxylation sites is 1. The summed E-state index contributed by atoms with van der Waals surface area (Å²) < 4.78 is 12.2. The predicted octanol–water partition coefficient (Wildman–Crippen LogP) is 2.55. The van der Waals surface area contributed by atoms with Crippen molar-refractivity contribution in [3.05, 3.63) is 53.1 Å². The highest BCUT2D eigenvalue weighted by atomic mass is 35.5. The Labute approximate surface area is 250 Å². The number of nitrogens with zero attached hydrogens (tertiary/aromatic N) is 2. The van der Waals surface area contributed by atoms with Crippen LogP contribution in [0.3, 0.4) is 0 Å². The van der Waals surface area contributed by atoms with Gasteiger partial charge in [-0.15, -0.1) is 0 Å². The first-order chi connectivity index (χ1) is 20.0. The van der Waals surface area contributed by atoms with Crippen molar-refractivity contribution in [2.75, 3.05) is 24.6 Å². The first-order valence-corrected chi connectivity index (χ1v) is 14.9. The van der Waals surface area contributed by atoms with Crippen molar-refractivity contribution in [3.8, 4) is 0 Å². The van der Waals surface area contributed by atoms with Crippen molar-refractivity contribution >= 4 is 41.0 Å². The number of fused-ring (bicyclic) bond motifs is 2. The number of carbonyl (C=O) groups is 4. The number of carbonyl (C=O) groups excluding carboxylic acids is 4. The van der Waals surface area contributed by atoms with Crippen molar-refractivity contribution in [2.45, 2.75) is 70.4 Å². The lowest BCUT2D eigenvalue weighted by Crippen LogP contribution is -2.59. The average Bonchev–Trinajstić information content (AvgIpc) is 3.57. The molecule has 42 heavy (non-hydrogen) atoms. The second-order valence-electron chi connectivity index (χ2n) is 11.9. The summed E-state index contributed by atoms with van der Waals surface area (Å²) in [5.41, 5.74) is -0.194. The van der Waals surface area contributed by atoms with Gasteiger partial charge >= 0.3 is 5.97 Å². The molecule has 1 aromatic carbocycles. The van der Waals surface area contributed by atoms with Gasteiger partial charge < -0.3 is 29.7 Å². The van der Waals surface area contributed by atoms with Crippen LogP contribution >= 0.6 is 11.6 Å². The van der Waals surface area contributed by atoms with Crippen LogP contribution in [-0.4, -0.2) is 83.3 Å². The predicted molar refractivity (Wildman–Crippen MR) is 156 cm³/mol. The number of cyclic esters (lactones) is 1. The van der Waals surface area contributed by atoms with Gasteiger partial charge in [0.25, 0.3) is 5.91 Å². The van der Waals surface area contributed by atoms with E-state index >= 15 is 0 Å². The Bertz CT molecular complexity index is 1310. The summed E-state index contributed by atoms with van der Waals surface area (Å²) in [5, 5.41) is 13.6. The third kappa shape index (κ3) is 5.03.